The van der Waals surface area contributed by atoms with E-state index in [-0.39, 0.29) is 31.6 Å². The molecule has 0 bridgehead atoms. The maximum absolute atomic E-state index is 12.7. The van der Waals surface area contributed by atoms with E-state index in [1.165, 1.54) is 109 Å². The number of carbonyl (C=O) groups excluding carboxylic acids is 3. The van der Waals surface area contributed by atoms with E-state index in [9.17, 15) is 14.4 Å². The molecule has 0 saturated heterocycles. The number of carbonyl (C=O) groups is 3. The van der Waals surface area contributed by atoms with Gasteiger partial charge in [0, 0.05) is 12.8 Å². The minimum Gasteiger partial charge on any atom is -0.462 e. The van der Waals surface area contributed by atoms with Crippen LogP contribution >= 0.6 is 0 Å². The molecule has 1 atom stereocenters. The molecule has 6 heteroatoms. The van der Waals surface area contributed by atoms with Gasteiger partial charge < -0.3 is 14.2 Å². The minimum absolute atomic E-state index is 0.101. The predicted octanol–water partition coefficient (Wildman–Crippen LogP) is 14.9. The number of rotatable bonds is 41. The average molecular weight is 783 g/mol. The molecule has 322 valence electrons. The SMILES string of the molecule is CC/C=C\C/C=C\C/C=C\C/C=C\C/C=C\CC(=O)OCC(COC(=O)CCCCCCCCCCCC)OC(=O)CCCCCCCCCCCCCCC. The highest BCUT2D eigenvalue weighted by Crippen LogP contribution is 2.15. The molecule has 0 aromatic heterocycles. The number of esters is 3. The molecule has 0 radical (unpaired) electrons. The zero-order valence-corrected chi connectivity index (χ0v) is 36.6. The third kappa shape index (κ3) is 42.3. The monoisotopic (exact) mass is 783 g/mol. The molecule has 0 aromatic rings. The van der Waals surface area contributed by atoms with Crippen LogP contribution in [0.4, 0.5) is 0 Å². The predicted molar refractivity (Wildman–Crippen MR) is 238 cm³/mol. The second-order valence-electron chi connectivity index (χ2n) is 15.3. The fourth-order valence-electron chi connectivity index (χ4n) is 6.34. The van der Waals surface area contributed by atoms with E-state index in [1.54, 1.807) is 6.08 Å². The Labute approximate surface area is 345 Å². The standard InChI is InChI=1S/C50H86O6/c1-4-7-10-13-16-19-22-24-25-27-28-31-34-37-40-43-49(52)55-46-47(45-54-48(51)42-39-36-33-30-21-18-15-12-9-6-3)56-50(53)44-41-38-35-32-29-26-23-20-17-14-11-8-5-2/h7,10,16,19,24-25,28,31,37,40,47H,4-6,8-9,11-15,17-18,20-23,26-27,29-30,32-36,38-39,41-46H2,1-3H3/b10-7-,19-16-,25-24-,31-28-,40-37-. The number of unbranched alkanes of at least 4 members (excludes halogenated alkanes) is 21. The highest BCUT2D eigenvalue weighted by Gasteiger charge is 2.19. The summed E-state index contributed by atoms with van der Waals surface area (Å²) in [6.07, 6.45) is 53.7. The molecule has 6 nitrogen and oxygen atoms in total. The maximum Gasteiger partial charge on any atom is 0.309 e. The summed E-state index contributed by atoms with van der Waals surface area (Å²) >= 11 is 0. The number of allylic oxidation sites excluding steroid dienone is 9. The Balaban J connectivity index is 4.49. The minimum atomic E-state index is -0.807. The van der Waals surface area contributed by atoms with Gasteiger partial charge in [0.25, 0.3) is 0 Å². The summed E-state index contributed by atoms with van der Waals surface area (Å²) in [5, 5.41) is 0. The van der Waals surface area contributed by atoms with Crippen LogP contribution in [0.3, 0.4) is 0 Å². The van der Waals surface area contributed by atoms with E-state index in [4.69, 9.17) is 14.2 Å². The molecule has 0 saturated carbocycles. The van der Waals surface area contributed by atoms with E-state index in [0.717, 1.165) is 70.6 Å². The van der Waals surface area contributed by atoms with E-state index < -0.39 is 12.1 Å². The second kappa shape index (κ2) is 44.8. The van der Waals surface area contributed by atoms with Crippen LogP contribution in [0, 0.1) is 0 Å². The lowest BCUT2D eigenvalue weighted by Gasteiger charge is -2.18. The van der Waals surface area contributed by atoms with Crippen molar-refractivity contribution in [3.63, 3.8) is 0 Å². The van der Waals surface area contributed by atoms with Gasteiger partial charge >= 0.3 is 17.9 Å². The van der Waals surface area contributed by atoms with Gasteiger partial charge in [-0.2, -0.15) is 0 Å². The lowest BCUT2D eigenvalue weighted by molar-refractivity contribution is -0.166. The average Bonchev–Trinajstić information content (AvgIpc) is 3.19. The summed E-state index contributed by atoms with van der Waals surface area (Å²) in [6, 6.07) is 0. The third-order valence-corrected chi connectivity index (χ3v) is 9.82. The van der Waals surface area contributed by atoms with Gasteiger partial charge in [-0.15, -0.1) is 0 Å². The second-order valence-corrected chi connectivity index (χ2v) is 15.3. The van der Waals surface area contributed by atoms with Crippen molar-refractivity contribution in [1.82, 2.24) is 0 Å². The van der Waals surface area contributed by atoms with Crippen LogP contribution in [0.1, 0.15) is 220 Å². The molecule has 0 N–H and O–H groups in total. The van der Waals surface area contributed by atoms with Gasteiger partial charge in [-0.25, -0.2) is 0 Å². The molecule has 0 rings (SSSR count). The molecule has 56 heavy (non-hydrogen) atoms. The van der Waals surface area contributed by atoms with Crippen LogP contribution in [-0.4, -0.2) is 37.2 Å². The molecule has 0 aliphatic heterocycles. The van der Waals surface area contributed by atoms with Gasteiger partial charge in [0.15, 0.2) is 6.10 Å². The van der Waals surface area contributed by atoms with Crippen molar-refractivity contribution in [2.75, 3.05) is 13.2 Å². The Morgan fingerprint density at radius 1 is 0.375 bits per heavy atom. The Kier molecular flexibility index (Phi) is 42.5. The number of hydrogen-bond donors (Lipinski definition) is 0. The molecule has 0 aliphatic rings. The molecule has 0 aromatic carbocycles. The normalized spacial score (nSPS) is 12.6. The summed E-state index contributed by atoms with van der Waals surface area (Å²) < 4.78 is 16.6. The fraction of sp³-hybridized carbons (Fsp3) is 0.740. The lowest BCUT2D eigenvalue weighted by atomic mass is 10.0. The first-order valence-corrected chi connectivity index (χ1v) is 23.3. The Morgan fingerprint density at radius 2 is 0.696 bits per heavy atom. The quantitative estimate of drug-likeness (QED) is 0.0266. The van der Waals surface area contributed by atoms with Crippen LogP contribution in [0.15, 0.2) is 60.8 Å². The molecule has 0 spiro atoms. The van der Waals surface area contributed by atoms with Crippen molar-refractivity contribution < 1.29 is 28.6 Å². The number of ether oxygens (including phenoxy) is 3. The first-order valence-electron chi connectivity index (χ1n) is 23.3. The van der Waals surface area contributed by atoms with Gasteiger partial charge in [0.2, 0.25) is 0 Å². The van der Waals surface area contributed by atoms with Gasteiger partial charge in [-0.1, -0.05) is 216 Å². The summed E-state index contributed by atoms with van der Waals surface area (Å²) in [7, 11) is 0. The zero-order valence-electron chi connectivity index (χ0n) is 36.6. The topological polar surface area (TPSA) is 78.9 Å². The van der Waals surface area contributed by atoms with Crippen LogP contribution in [-0.2, 0) is 28.6 Å². The molecule has 0 aliphatic carbocycles. The zero-order chi connectivity index (χ0) is 40.8. The van der Waals surface area contributed by atoms with Gasteiger partial charge in [-0.3, -0.25) is 14.4 Å². The van der Waals surface area contributed by atoms with Crippen molar-refractivity contribution in [2.24, 2.45) is 0 Å². The Hall–Kier alpha value is -2.89. The molecular weight excluding hydrogens is 697 g/mol. The third-order valence-electron chi connectivity index (χ3n) is 9.82. The summed E-state index contributed by atoms with van der Waals surface area (Å²) in [5.41, 5.74) is 0. The van der Waals surface area contributed by atoms with Crippen LogP contribution in [0.2, 0.25) is 0 Å². The van der Waals surface area contributed by atoms with Gasteiger partial charge in [-0.05, 0) is 44.9 Å². The van der Waals surface area contributed by atoms with E-state index >= 15 is 0 Å². The van der Waals surface area contributed by atoms with Gasteiger partial charge in [0.1, 0.15) is 13.2 Å². The van der Waals surface area contributed by atoms with E-state index in [0.29, 0.717) is 12.8 Å². The summed E-state index contributed by atoms with van der Waals surface area (Å²) in [6.45, 7) is 6.41. The Bertz CT molecular complexity index is 1040. The number of hydrogen-bond acceptors (Lipinski definition) is 6. The first-order chi connectivity index (χ1) is 27.5. The highest BCUT2D eigenvalue weighted by atomic mass is 16.6. The van der Waals surface area contributed by atoms with Gasteiger partial charge in [0.05, 0.1) is 6.42 Å². The van der Waals surface area contributed by atoms with E-state index in [2.05, 4.69) is 69.4 Å². The maximum atomic E-state index is 12.7. The van der Waals surface area contributed by atoms with Crippen molar-refractivity contribution in [3.05, 3.63) is 60.8 Å². The molecular formula is C50H86O6. The van der Waals surface area contributed by atoms with Crippen LogP contribution < -0.4 is 0 Å². The summed E-state index contributed by atoms with van der Waals surface area (Å²) in [4.78, 5) is 37.7. The van der Waals surface area contributed by atoms with Crippen molar-refractivity contribution in [3.8, 4) is 0 Å². The Morgan fingerprint density at radius 3 is 1.09 bits per heavy atom. The largest absolute Gasteiger partial charge is 0.462 e. The molecule has 1 unspecified atom stereocenters. The molecule has 0 heterocycles. The molecule has 0 fully saturated rings. The van der Waals surface area contributed by atoms with Crippen molar-refractivity contribution >= 4 is 17.9 Å². The summed E-state index contributed by atoms with van der Waals surface area (Å²) in [5.74, 6) is -1.04. The van der Waals surface area contributed by atoms with Crippen molar-refractivity contribution in [1.29, 1.82) is 0 Å². The first kappa shape index (κ1) is 53.1. The lowest BCUT2D eigenvalue weighted by Crippen LogP contribution is -2.30. The van der Waals surface area contributed by atoms with Crippen molar-refractivity contribution in [2.45, 2.75) is 226 Å². The molecule has 0 amide bonds. The fourth-order valence-corrected chi connectivity index (χ4v) is 6.34. The van der Waals surface area contributed by atoms with E-state index in [1.807, 2.05) is 6.08 Å². The van der Waals surface area contributed by atoms with Crippen LogP contribution in [0.5, 0.6) is 0 Å². The van der Waals surface area contributed by atoms with Crippen LogP contribution in [0.25, 0.3) is 0 Å². The highest BCUT2D eigenvalue weighted by molar-refractivity contribution is 5.72. The smallest absolute Gasteiger partial charge is 0.309 e.